The molecule has 1 aliphatic heterocycles. The lowest BCUT2D eigenvalue weighted by atomic mass is 10.0. The highest BCUT2D eigenvalue weighted by atomic mass is 16.5. The number of hydrogen-bond donors (Lipinski definition) is 1. The third kappa shape index (κ3) is 4.14. The molecule has 0 radical (unpaired) electrons. The maximum Gasteiger partial charge on any atom is 0.120 e. The monoisotopic (exact) mass is 277 g/mol. The zero-order valence-electron chi connectivity index (χ0n) is 13.1. The molecule has 1 aromatic carbocycles. The van der Waals surface area contributed by atoms with Crippen molar-refractivity contribution in [3.63, 3.8) is 0 Å². The fourth-order valence-corrected chi connectivity index (χ4v) is 2.66. The third-order valence-electron chi connectivity index (χ3n) is 3.75. The standard InChI is InChI=1S/C17H27NO2/c1-5-15-11-14(8-9-19-15)18-17-7-6-16(10-13(17)4)20-12(2)3/h6-7,10,12,14-15,18H,5,8-9,11H2,1-4H3. The quantitative estimate of drug-likeness (QED) is 0.877. The van der Waals surface area contributed by atoms with Crippen LogP contribution in [0.4, 0.5) is 5.69 Å². The van der Waals surface area contributed by atoms with Crippen LogP contribution in [0, 0.1) is 6.92 Å². The van der Waals surface area contributed by atoms with Gasteiger partial charge in [-0.15, -0.1) is 0 Å². The van der Waals surface area contributed by atoms with E-state index in [-0.39, 0.29) is 6.10 Å². The Morgan fingerprint density at radius 1 is 1.40 bits per heavy atom. The Hall–Kier alpha value is -1.22. The highest BCUT2D eigenvalue weighted by molar-refractivity contribution is 5.54. The molecule has 0 aliphatic carbocycles. The molecular weight excluding hydrogens is 250 g/mol. The highest BCUT2D eigenvalue weighted by Crippen LogP contribution is 2.26. The second-order valence-electron chi connectivity index (χ2n) is 5.91. The summed E-state index contributed by atoms with van der Waals surface area (Å²) in [7, 11) is 0. The van der Waals surface area contributed by atoms with Gasteiger partial charge in [0.2, 0.25) is 0 Å². The Kier molecular flexibility index (Phi) is 5.30. The van der Waals surface area contributed by atoms with Gasteiger partial charge in [0.15, 0.2) is 0 Å². The molecule has 1 aliphatic rings. The summed E-state index contributed by atoms with van der Waals surface area (Å²) in [5, 5.41) is 3.66. The van der Waals surface area contributed by atoms with Crippen LogP contribution in [0.25, 0.3) is 0 Å². The first kappa shape index (κ1) is 15.2. The zero-order chi connectivity index (χ0) is 14.5. The molecule has 0 amide bonds. The number of ether oxygens (including phenoxy) is 2. The van der Waals surface area contributed by atoms with Crippen molar-refractivity contribution >= 4 is 5.69 Å². The Labute approximate surface area is 122 Å². The van der Waals surface area contributed by atoms with E-state index < -0.39 is 0 Å². The predicted octanol–water partition coefficient (Wildman–Crippen LogP) is 4.15. The van der Waals surface area contributed by atoms with E-state index in [1.165, 1.54) is 11.3 Å². The van der Waals surface area contributed by atoms with Gasteiger partial charge < -0.3 is 14.8 Å². The Morgan fingerprint density at radius 2 is 2.20 bits per heavy atom. The van der Waals surface area contributed by atoms with Crippen LogP contribution in [0.15, 0.2) is 18.2 Å². The van der Waals surface area contributed by atoms with Crippen molar-refractivity contribution in [1.29, 1.82) is 0 Å². The minimum absolute atomic E-state index is 0.217. The van der Waals surface area contributed by atoms with Crippen LogP contribution in [0.5, 0.6) is 5.75 Å². The van der Waals surface area contributed by atoms with Gasteiger partial charge in [-0.2, -0.15) is 0 Å². The molecule has 20 heavy (non-hydrogen) atoms. The molecule has 2 unspecified atom stereocenters. The topological polar surface area (TPSA) is 30.5 Å². The summed E-state index contributed by atoms with van der Waals surface area (Å²) in [5.41, 5.74) is 2.45. The van der Waals surface area contributed by atoms with E-state index in [0.29, 0.717) is 12.1 Å². The van der Waals surface area contributed by atoms with E-state index >= 15 is 0 Å². The second-order valence-corrected chi connectivity index (χ2v) is 5.91. The minimum atomic E-state index is 0.217. The van der Waals surface area contributed by atoms with Crippen LogP contribution in [-0.2, 0) is 4.74 Å². The molecule has 2 rings (SSSR count). The fourth-order valence-electron chi connectivity index (χ4n) is 2.66. The molecule has 112 valence electrons. The SMILES string of the molecule is CCC1CC(Nc2ccc(OC(C)C)cc2C)CCO1. The average Bonchev–Trinajstić information content (AvgIpc) is 2.41. The summed E-state index contributed by atoms with van der Waals surface area (Å²) in [5.74, 6) is 0.946. The van der Waals surface area contributed by atoms with Crippen molar-refractivity contribution in [2.45, 2.75) is 65.2 Å². The van der Waals surface area contributed by atoms with Gasteiger partial charge >= 0.3 is 0 Å². The molecule has 1 aromatic rings. The van der Waals surface area contributed by atoms with E-state index in [4.69, 9.17) is 9.47 Å². The number of anilines is 1. The molecule has 3 heteroatoms. The van der Waals surface area contributed by atoms with Gasteiger partial charge in [0.25, 0.3) is 0 Å². The molecule has 0 saturated carbocycles. The summed E-state index contributed by atoms with van der Waals surface area (Å²) in [4.78, 5) is 0. The lowest BCUT2D eigenvalue weighted by Gasteiger charge is -2.30. The fraction of sp³-hybridized carbons (Fsp3) is 0.647. The van der Waals surface area contributed by atoms with E-state index in [1.807, 2.05) is 6.07 Å². The van der Waals surface area contributed by atoms with Crippen LogP contribution in [0.2, 0.25) is 0 Å². The Balaban J connectivity index is 1.98. The molecule has 1 saturated heterocycles. The minimum Gasteiger partial charge on any atom is -0.491 e. The number of hydrogen-bond acceptors (Lipinski definition) is 3. The van der Waals surface area contributed by atoms with E-state index in [1.54, 1.807) is 0 Å². The van der Waals surface area contributed by atoms with E-state index in [0.717, 1.165) is 31.6 Å². The Bertz CT molecular complexity index is 431. The number of benzene rings is 1. The summed E-state index contributed by atoms with van der Waals surface area (Å²) in [6.45, 7) is 9.29. The maximum absolute atomic E-state index is 5.73. The van der Waals surface area contributed by atoms with Crippen LogP contribution in [0.3, 0.4) is 0 Å². The largest absolute Gasteiger partial charge is 0.491 e. The molecule has 1 N–H and O–H groups in total. The van der Waals surface area contributed by atoms with E-state index in [2.05, 4.69) is 45.1 Å². The average molecular weight is 277 g/mol. The summed E-state index contributed by atoms with van der Waals surface area (Å²) in [6, 6.07) is 6.80. The molecule has 1 heterocycles. The van der Waals surface area contributed by atoms with Gasteiger partial charge in [0.05, 0.1) is 12.2 Å². The number of nitrogens with one attached hydrogen (secondary N) is 1. The van der Waals surface area contributed by atoms with Crippen molar-refractivity contribution < 1.29 is 9.47 Å². The van der Waals surface area contributed by atoms with Crippen LogP contribution < -0.4 is 10.1 Å². The van der Waals surface area contributed by atoms with Crippen molar-refractivity contribution in [3.05, 3.63) is 23.8 Å². The number of aryl methyl sites for hydroxylation is 1. The Morgan fingerprint density at radius 3 is 2.85 bits per heavy atom. The second kappa shape index (κ2) is 6.98. The highest BCUT2D eigenvalue weighted by Gasteiger charge is 2.21. The summed E-state index contributed by atoms with van der Waals surface area (Å²) in [6.07, 6.45) is 3.90. The molecule has 0 bridgehead atoms. The molecule has 1 fully saturated rings. The van der Waals surface area contributed by atoms with Gasteiger partial charge in [-0.05, 0) is 63.8 Å². The van der Waals surface area contributed by atoms with Gasteiger partial charge in [-0.25, -0.2) is 0 Å². The molecule has 2 atom stereocenters. The number of rotatable bonds is 5. The van der Waals surface area contributed by atoms with Crippen molar-refractivity contribution in [3.8, 4) is 5.75 Å². The summed E-state index contributed by atoms with van der Waals surface area (Å²) < 4.78 is 11.5. The van der Waals surface area contributed by atoms with Crippen LogP contribution in [-0.4, -0.2) is 24.9 Å². The normalized spacial score (nSPS) is 22.9. The lowest BCUT2D eigenvalue weighted by Crippen LogP contribution is -2.33. The maximum atomic E-state index is 5.73. The molecule has 3 nitrogen and oxygen atoms in total. The molecule has 0 aromatic heterocycles. The van der Waals surface area contributed by atoms with Crippen LogP contribution >= 0.6 is 0 Å². The predicted molar refractivity (Wildman–Crippen MR) is 83.6 cm³/mol. The molecular formula is C17H27NO2. The van der Waals surface area contributed by atoms with Crippen molar-refractivity contribution in [1.82, 2.24) is 0 Å². The summed E-state index contributed by atoms with van der Waals surface area (Å²) >= 11 is 0. The smallest absolute Gasteiger partial charge is 0.120 e. The third-order valence-corrected chi connectivity index (χ3v) is 3.75. The molecule has 0 spiro atoms. The van der Waals surface area contributed by atoms with Gasteiger partial charge in [-0.1, -0.05) is 6.92 Å². The first-order valence-corrected chi connectivity index (χ1v) is 7.74. The van der Waals surface area contributed by atoms with E-state index in [9.17, 15) is 0 Å². The van der Waals surface area contributed by atoms with Gasteiger partial charge in [0.1, 0.15) is 5.75 Å². The van der Waals surface area contributed by atoms with Gasteiger partial charge in [0, 0.05) is 18.3 Å². The lowest BCUT2D eigenvalue weighted by molar-refractivity contribution is 0.00924. The van der Waals surface area contributed by atoms with Crippen LogP contribution in [0.1, 0.15) is 45.6 Å². The first-order chi connectivity index (χ1) is 9.58. The van der Waals surface area contributed by atoms with Crippen molar-refractivity contribution in [2.75, 3.05) is 11.9 Å². The first-order valence-electron chi connectivity index (χ1n) is 7.74. The zero-order valence-corrected chi connectivity index (χ0v) is 13.1. The van der Waals surface area contributed by atoms with Crippen molar-refractivity contribution in [2.24, 2.45) is 0 Å². The van der Waals surface area contributed by atoms with Gasteiger partial charge in [-0.3, -0.25) is 0 Å².